The Morgan fingerprint density at radius 1 is 1.09 bits per heavy atom. The largest absolute Gasteiger partial charge is 0.322 e. The van der Waals surface area contributed by atoms with Gasteiger partial charge in [-0.05, 0) is 36.4 Å². The van der Waals surface area contributed by atoms with Gasteiger partial charge in [0.15, 0.2) is 0 Å². The maximum absolute atomic E-state index is 13.7. The Hall–Kier alpha value is -2.19. The number of carbonyl (C=O) groups is 1. The van der Waals surface area contributed by atoms with Gasteiger partial charge in [0, 0.05) is 10.7 Å². The maximum Gasteiger partial charge on any atom is 0.258 e. The lowest BCUT2D eigenvalue weighted by molar-refractivity contribution is 0.102. The van der Waals surface area contributed by atoms with E-state index in [1.807, 2.05) is 4.72 Å². The van der Waals surface area contributed by atoms with Gasteiger partial charge in [0.25, 0.3) is 5.91 Å². The van der Waals surface area contributed by atoms with Crippen LogP contribution in [-0.4, -0.2) is 20.6 Å². The third-order valence-corrected chi connectivity index (χ3v) is 3.52. The molecule has 5 nitrogen and oxygen atoms in total. The van der Waals surface area contributed by atoms with Crippen LogP contribution in [0.15, 0.2) is 36.4 Å². The molecule has 2 N–H and O–H groups in total. The highest BCUT2D eigenvalue weighted by Gasteiger charge is 2.14. The first-order chi connectivity index (χ1) is 10.7. The number of nitrogens with one attached hydrogen (secondary N) is 2. The second-order valence-electron chi connectivity index (χ2n) is 4.65. The summed E-state index contributed by atoms with van der Waals surface area (Å²) in [5, 5.41) is 2.49. The lowest BCUT2D eigenvalue weighted by atomic mass is 10.2. The summed E-state index contributed by atoms with van der Waals surface area (Å²) in [6.45, 7) is 0. The van der Waals surface area contributed by atoms with Gasteiger partial charge in [-0.25, -0.2) is 17.2 Å². The van der Waals surface area contributed by atoms with E-state index in [1.165, 1.54) is 18.2 Å². The Labute approximate surface area is 136 Å². The third-order valence-electron chi connectivity index (χ3n) is 2.70. The molecule has 0 bridgehead atoms. The van der Waals surface area contributed by atoms with Crippen LogP contribution < -0.4 is 10.0 Å². The molecule has 0 unspecified atom stereocenters. The van der Waals surface area contributed by atoms with Crippen LogP contribution in [0, 0.1) is 11.6 Å². The maximum atomic E-state index is 13.7. The molecule has 0 aliphatic carbocycles. The zero-order valence-electron chi connectivity index (χ0n) is 11.7. The predicted octanol–water partition coefficient (Wildman–Crippen LogP) is 3.24. The van der Waals surface area contributed by atoms with Crippen LogP contribution in [-0.2, 0) is 10.0 Å². The van der Waals surface area contributed by atoms with Gasteiger partial charge < -0.3 is 5.32 Å². The highest BCUT2D eigenvalue weighted by atomic mass is 35.5. The van der Waals surface area contributed by atoms with Crippen molar-refractivity contribution in [3.05, 3.63) is 58.6 Å². The van der Waals surface area contributed by atoms with Gasteiger partial charge in [0.1, 0.15) is 11.6 Å². The van der Waals surface area contributed by atoms with Crippen molar-refractivity contribution in [1.82, 2.24) is 0 Å². The van der Waals surface area contributed by atoms with E-state index >= 15 is 0 Å². The van der Waals surface area contributed by atoms with E-state index in [-0.39, 0.29) is 22.0 Å². The molecule has 0 atom stereocenters. The molecule has 122 valence electrons. The molecule has 23 heavy (non-hydrogen) atoms. The third kappa shape index (κ3) is 4.64. The van der Waals surface area contributed by atoms with Gasteiger partial charge in [0.05, 0.1) is 17.5 Å². The fourth-order valence-corrected chi connectivity index (χ4v) is 2.47. The summed E-state index contributed by atoms with van der Waals surface area (Å²) in [5.74, 6) is -2.41. The number of anilines is 2. The molecule has 2 rings (SSSR count). The fourth-order valence-electron chi connectivity index (χ4n) is 1.75. The number of sulfonamides is 1. The summed E-state index contributed by atoms with van der Waals surface area (Å²) in [4.78, 5) is 12.0. The number of carbonyl (C=O) groups excluding carboxylic acids is 1. The molecule has 0 saturated heterocycles. The molecule has 2 aromatic rings. The Kier molecular flexibility index (Phi) is 4.86. The van der Waals surface area contributed by atoms with Crippen molar-refractivity contribution in [3.63, 3.8) is 0 Å². The minimum atomic E-state index is -3.69. The Bertz CT molecular complexity index is 872. The van der Waals surface area contributed by atoms with Crippen molar-refractivity contribution >= 4 is 38.9 Å². The molecule has 0 aliphatic rings. The Morgan fingerprint density at radius 2 is 1.78 bits per heavy atom. The zero-order chi connectivity index (χ0) is 17.2. The van der Waals surface area contributed by atoms with Crippen LogP contribution >= 0.6 is 11.6 Å². The minimum absolute atomic E-state index is 0.0944. The van der Waals surface area contributed by atoms with Crippen molar-refractivity contribution < 1.29 is 22.0 Å². The Morgan fingerprint density at radius 3 is 2.39 bits per heavy atom. The van der Waals surface area contributed by atoms with Crippen LogP contribution in [0.4, 0.5) is 20.2 Å². The van der Waals surface area contributed by atoms with Crippen molar-refractivity contribution in [2.24, 2.45) is 0 Å². The molecule has 0 aromatic heterocycles. The predicted molar refractivity (Wildman–Crippen MR) is 84.2 cm³/mol. The summed E-state index contributed by atoms with van der Waals surface area (Å²) >= 11 is 5.60. The van der Waals surface area contributed by atoms with E-state index in [0.717, 1.165) is 24.5 Å². The normalized spacial score (nSPS) is 11.1. The highest BCUT2D eigenvalue weighted by molar-refractivity contribution is 7.92. The SMILES string of the molecule is CS(=O)(=O)Nc1cc(NC(=O)c2ccc(Cl)cc2F)ccc1F. The van der Waals surface area contributed by atoms with Crippen molar-refractivity contribution in [2.75, 3.05) is 16.3 Å². The molecule has 0 fully saturated rings. The van der Waals surface area contributed by atoms with Crippen molar-refractivity contribution in [1.29, 1.82) is 0 Å². The summed E-state index contributed by atoms with van der Waals surface area (Å²) < 4.78 is 51.5. The first kappa shape index (κ1) is 17.2. The number of hydrogen-bond donors (Lipinski definition) is 2. The highest BCUT2D eigenvalue weighted by Crippen LogP contribution is 2.22. The summed E-state index contributed by atoms with van der Waals surface area (Å²) in [5.41, 5.74) is -0.491. The average Bonchev–Trinajstić information content (AvgIpc) is 2.40. The minimum Gasteiger partial charge on any atom is -0.322 e. The lowest BCUT2D eigenvalue weighted by Crippen LogP contribution is -2.15. The number of hydrogen-bond acceptors (Lipinski definition) is 3. The van der Waals surface area contributed by atoms with Gasteiger partial charge >= 0.3 is 0 Å². The summed E-state index contributed by atoms with van der Waals surface area (Å²) in [6, 6.07) is 6.81. The number of rotatable bonds is 4. The molecule has 2 aromatic carbocycles. The molecule has 0 radical (unpaired) electrons. The second-order valence-corrected chi connectivity index (χ2v) is 6.83. The lowest BCUT2D eigenvalue weighted by Gasteiger charge is -2.10. The van der Waals surface area contributed by atoms with Gasteiger partial charge in [-0.1, -0.05) is 11.6 Å². The quantitative estimate of drug-likeness (QED) is 0.878. The number of amides is 1. The first-order valence-electron chi connectivity index (χ1n) is 6.19. The van der Waals surface area contributed by atoms with E-state index < -0.39 is 27.6 Å². The monoisotopic (exact) mass is 360 g/mol. The number of benzene rings is 2. The number of halogens is 3. The summed E-state index contributed by atoms with van der Waals surface area (Å²) in [6.07, 6.45) is 0.862. The van der Waals surface area contributed by atoms with Crippen LogP contribution in [0.25, 0.3) is 0 Å². The molecule has 1 amide bonds. The van der Waals surface area contributed by atoms with E-state index in [2.05, 4.69) is 5.32 Å². The van der Waals surface area contributed by atoms with Gasteiger partial charge in [-0.3, -0.25) is 9.52 Å². The van der Waals surface area contributed by atoms with Gasteiger partial charge in [-0.15, -0.1) is 0 Å². The zero-order valence-corrected chi connectivity index (χ0v) is 13.3. The topological polar surface area (TPSA) is 75.3 Å². The van der Waals surface area contributed by atoms with E-state index in [9.17, 15) is 22.0 Å². The molecule has 0 spiro atoms. The van der Waals surface area contributed by atoms with Crippen molar-refractivity contribution in [2.45, 2.75) is 0 Å². The van der Waals surface area contributed by atoms with Gasteiger partial charge in [0.2, 0.25) is 10.0 Å². The second kappa shape index (κ2) is 6.51. The van der Waals surface area contributed by atoms with Crippen molar-refractivity contribution in [3.8, 4) is 0 Å². The van der Waals surface area contributed by atoms with E-state index in [4.69, 9.17) is 11.6 Å². The Balaban J connectivity index is 2.26. The van der Waals surface area contributed by atoms with Crippen LogP contribution in [0.2, 0.25) is 5.02 Å². The molecular weight excluding hydrogens is 350 g/mol. The van der Waals surface area contributed by atoms with E-state index in [1.54, 1.807) is 0 Å². The standard InChI is InChI=1S/C14H11ClF2N2O3S/c1-23(21,22)19-13-7-9(3-5-11(13)16)18-14(20)10-4-2-8(15)6-12(10)17/h2-7,19H,1H3,(H,18,20). The average molecular weight is 361 g/mol. The molecule has 0 saturated carbocycles. The fraction of sp³-hybridized carbons (Fsp3) is 0.0714. The first-order valence-corrected chi connectivity index (χ1v) is 8.46. The molecule has 9 heteroatoms. The summed E-state index contributed by atoms with van der Waals surface area (Å²) in [7, 11) is -3.69. The van der Waals surface area contributed by atoms with Crippen LogP contribution in [0.1, 0.15) is 10.4 Å². The smallest absolute Gasteiger partial charge is 0.258 e. The molecule has 0 heterocycles. The van der Waals surface area contributed by atoms with Gasteiger partial charge in [-0.2, -0.15) is 0 Å². The van der Waals surface area contributed by atoms with E-state index in [0.29, 0.717) is 0 Å². The van der Waals surface area contributed by atoms with Crippen LogP contribution in [0.3, 0.4) is 0 Å². The molecular formula is C14H11ClF2N2O3S. The molecule has 0 aliphatic heterocycles. The van der Waals surface area contributed by atoms with Crippen LogP contribution in [0.5, 0.6) is 0 Å².